The smallest absolute Gasteiger partial charge is 0.0351 e. The molecular formula is C9H18P. The molecule has 1 heterocycles. The van der Waals surface area contributed by atoms with Gasteiger partial charge in [-0.25, -0.2) is 0 Å². The Kier molecular flexibility index (Phi) is 12.3. The molecule has 0 aromatic carbocycles. The Hall–Kier alpha value is 0.430. The summed E-state index contributed by atoms with van der Waals surface area (Å²) >= 11 is 0. The summed E-state index contributed by atoms with van der Waals surface area (Å²) in [6.07, 6.45) is 11.1. The summed E-state index contributed by atoms with van der Waals surface area (Å²) in [7, 11) is 1.26. The lowest BCUT2D eigenvalue weighted by Crippen LogP contribution is -1.89. The van der Waals surface area contributed by atoms with E-state index in [4.69, 9.17) is 0 Å². The largest absolute Gasteiger partial charge is 0.122 e. The lowest BCUT2D eigenvalue weighted by atomic mass is 10.2. The van der Waals surface area contributed by atoms with Crippen LogP contribution in [0.25, 0.3) is 0 Å². The summed E-state index contributed by atoms with van der Waals surface area (Å²) in [6.45, 7) is 0. The third-order valence-electron chi connectivity index (χ3n) is 1.54. The quantitative estimate of drug-likeness (QED) is 0.474. The minimum atomic E-state index is 0. The summed E-state index contributed by atoms with van der Waals surface area (Å²) < 4.78 is 0. The van der Waals surface area contributed by atoms with E-state index in [1.807, 2.05) is 0 Å². The molecule has 1 heteroatoms. The van der Waals surface area contributed by atoms with Crippen LogP contribution in [0.1, 0.15) is 25.7 Å². The summed E-state index contributed by atoms with van der Waals surface area (Å²) in [5, 5.41) is 0. The molecule has 0 aliphatic carbocycles. The Morgan fingerprint density at radius 2 is 1.70 bits per heavy atom. The Labute approximate surface area is 68.6 Å². The molecule has 1 fully saturated rings. The van der Waals surface area contributed by atoms with Gasteiger partial charge in [0, 0.05) is 0 Å². The van der Waals surface area contributed by atoms with Gasteiger partial charge in [-0.1, -0.05) is 27.7 Å². The second kappa shape index (κ2) is 9.43. The maximum absolute atomic E-state index is 2.45. The summed E-state index contributed by atoms with van der Waals surface area (Å²) in [5.41, 5.74) is 0. The molecule has 0 nitrogen and oxygen atoms in total. The normalized spacial score (nSPS) is 19.2. The molecule has 1 saturated heterocycles. The van der Waals surface area contributed by atoms with Crippen LogP contribution in [0.5, 0.6) is 0 Å². The van der Waals surface area contributed by atoms with Crippen LogP contribution in [0.15, 0.2) is 0 Å². The summed E-state index contributed by atoms with van der Waals surface area (Å²) in [4.78, 5) is 0. The molecule has 0 aromatic heterocycles. The second-order valence-electron chi connectivity index (χ2n) is 2.32. The zero-order valence-electron chi connectivity index (χ0n) is 6.73. The van der Waals surface area contributed by atoms with E-state index in [-0.39, 0.29) is 14.9 Å². The van der Waals surface area contributed by atoms with E-state index < -0.39 is 0 Å². The predicted octanol–water partition coefficient (Wildman–Crippen LogP) is 3.10. The highest BCUT2D eigenvalue weighted by Gasteiger charge is 1.95. The molecule has 0 aromatic rings. The first kappa shape index (κ1) is 13.1. The standard InChI is InChI=1S/C7H14P.2CH2/c1-2-4-6-8-7-5-3-1;;/h2,8H,1,3-7H2;2*1H2. The van der Waals surface area contributed by atoms with Gasteiger partial charge in [0.2, 0.25) is 0 Å². The Balaban J connectivity index is 0. The molecular weight excluding hydrogens is 139 g/mol. The van der Waals surface area contributed by atoms with Crippen molar-refractivity contribution in [1.29, 1.82) is 0 Å². The van der Waals surface area contributed by atoms with Gasteiger partial charge in [-0.05, 0) is 31.6 Å². The van der Waals surface area contributed by atoms with Crippen LogP contribution in [-0.4, -0.2) is 12.3 Å². The second-order valence-corrected chi connectivity index (χ2v) is 3.82. The minimum absolute atomic E-state index is 0. The Bertz CT molecular complexity index is 28.7. The molecule has 0 spiro atoms. The van der Waals surface area contributed by atoms with Gasteiger partial charge in [-0.3, -0.25) is 0 Å². The van der Waals surface area contributed by atoms with Crippen molar-refractivity contribution in [3.8, 4) is 0 Å². The molecule has 0 saturated carbocycles. The highest BCUT2D eigenvalue weighted by Crippen LogP contribution is 2.19. The van der Waals surface area contributed by atoms with E-state index >= 15 is 0 Å². The molecule has 1 atom stereocenters. The van der Waals surface area contributed by atoms with Gasteiger partial charge in [-0.15, -0.1) is 8.58 Å². The van der Waals surface area contributed by atoms with Gasteiger partial charge in [-0.2, -0.15) is 0 Å². The van der Waals surface area contributed by atoms with E-state index in [9.17, 15) is 0 Å². The van der Waals surface area contributed by atoms with Crippen LogP contribution in [0.3, 0.4) is 0 Å². The van der Waals surface area contributed by atoms with Gasteiger partial charge in [0.25, 0.3) is 0 Å². The number of hydrogen-bond donors (Lipinski definition) is 0. The monoisotopic (exact) mass is 157 g/mol. The zero-order valence-corrected chi connectivity index (χ0v) is 7.73. The van der Waals surface area contributed by atoms with Gasteiger partial charge < -0.3 is 0 Å². The van der Waals surface area contributed by atoms with Crippen LogP contribution < -0.4 is 0 Å². The molecule has 5 radical (unpaired) electrons. The van der Waals surface area contributed by atoms with Crippen molar-refractivity contribution in [2.75, 3.05) is 12.3 Å². The average molecular weight is 157 g/mol. The van der Waals surface area contributed by atoms with Crippen molar-refractivity contribution in [3.05, 3.63) is 21.3 Å². The maximum atomic E-state index is 2.45. The molecule has 10 heavy (non-hydrogen) atoms. The fourth-order valence-electron chi connectivity index (χ4n) is 1.01. The van der Waals surface area contributed by atoms with Crippen molar-refractivity contribution in [2.24, 2.45) is 0 Å². The summed E-state index contributed by atoms with van der Waals surface area (Å²) in [5.74, 6) is 0. The van der Waals surface area contributed by atoms with Crippen LogP contribution in [-0.2, 0) is 0 Å². The number of rotatable bonds is 0. The topological polar surface area (TPSA) is 0 Å². The predicted molar refractivity (Wildman–Crippen MR) is 51.5 cm³/mol. The molecule has 0 bridgehead atoms. The fourth-order valence-corrected chi connectivity index (χ4v) is 2.17. The van der Waals surface area contributed by atoms with Crippen LogP contribution in [0.4, 0.5) is 0 Å². The first-order chi connectivity index (χ1) is 4.00. The molecule has 0 amide bonds. The Morgan fingerprint density at radius 3 is 2.50 bits per heavy atom. The van der Waals surface area contributed by atoms with E-state index in [0.29, 0.717) is 0 Å². The third kappa shape index (κ3) is 6.55. The highest BCUT2D eigenvalue weighted by atomic mass is 31.1. The molecule has 1 aliphatic rings. The van der Waals surface area contributed by atoms with Crippen molar-refractivity contribution in [1.82, 2.24) is 0 Å². The van der Waals surface area contributed by atoms with E-state index in [1.165, 1.54) is 46.6 Å². The minimum Gasteiger partial charge on any atom is -0.122 e. The molecule has 1 unspecified atom stereocenters. The van der Waals surface area contributed by atoms with Gasteiger partial charge in [0.1, 0.15) is 0 Å². The van der Waals surface area contributed by atoms with E-state index in [2.05, 4.69) is 6.42 Å². The molecule has 0 N–H and O–H groups in total. The first-order valence-corrected chi connectivity index (χ1v) is 4.94. The zero-order chi connectivity index (χ0) is 5.66. The Morgan fingerprint density at radius 1 is 0.900 bits per heavy atom. The van der Waals surface area contributed by atoms with Gasteiger partial charge in [0.05, 0.1) is 0 Å². The van der Waals surface area contributed by atoms with Gasteiger partial charge >= 0.3 is 0 Å². The van der Waals surface area contributed by atoms with Crippen molar-refractivity contribution >= 4 is 8.58 Å². The van der Waals surface area contributed by atoms with E-state index in [0.717, 1.165) is 0 Å². The van der Waals surface area contributed by atoms with Crippen molar-refractivity contribution < 1.29 is 0 Å². The fraction of sp³-hybridized carbons (Fsp3) is 0.667. The van der Waals surface area contributed by atoms with E-state index in [1.54, 1.807) is 0 Å². The molecule has 1 rings (SSSR count). The van der Waals surface area contributed by atoms with Crippen molar-refractivity contribution in [3.63, 3.8) is 0 Å². The molecule has 59 valence electrons. The molecule has 1 aliphatic heterocycles. The third-order valence-corrected chi connectivity index (χ3v) is 2.89. The maximum Gasteiger partial charge on any atom is -0.0351 e. The highest BCUT2D eigenvalue weighted by molar-refractivity contribution is 7.37. The lowest BCUT2D eigenvalue weighted by Gasteiger charge is -2.05. The van der Waals surface area contributed by atoms with Crippen molar-refractivity contribution in [2.45, 2.75) is 25.7 Å². The first-order valence-electron chi connectivity index (χ1n) is 3.52. The summed E-state index contributed by atoms with van der Waals surface area (Å²) in [6, 6.07) is 0. The van der Waals surface area contributed by atoms with Gasteiger partial charge in [0.15, 0.2) is 0 Å². The van der Waals surface area contributed by atoms with Crippen LogP contribution in [0, 0.1) is 21.3 Å². The SMILES string of the molecule is [CH2].[CH2].[CH]1CCCCPCC1. The number of hydrogen-bond acceptors (Lipinski definition) is 0. The van der Waals surface area contributed by atoms with Crippen LogP contribution >= 0.6 is 8.58 Å². The average Bonchev–Trinajstić information content (AvgIpc) is 1.62. The lowest BCUT2D eigenvalue weighted by molar-refractivity contribution is 0.756. The van der Waals surface area contributed by atoms with Crippen LogP contribution in [0.2, 0.25) is 0 Å².